The molecule has 0 bridgehead atoms. The van der Waals surface area contributed by atoms with Crippen LogP contribution < -0.4 is 21.3 Å². The van der Waals surface area contributed by atoms with Crippen LogP contribution in [0.1, 0.15) is 46.5 Å². The molecule has 0 aliphatic heterocycles. The quantitative estimate of drug-likeness (QED) is 0.546. The molecular weight excluding hydrogens is 268 g/mol. The van der Waals surface area contributed by atoms with Crippen molar-refractivity contribution in [1.82, 2.24) is 15.0 Å². The molecule has 0 amide bonds. The molecule has 7 nitrogen and oxygen atoms in total. The highest BCUT2D eigenvalue weighted by atomic mass is 16.5. The lowest BCUT2D eigenvalue weighted by molar-refractivity contribution is 0.274. The Kier molecular flexibility index (Phi) is 5.55. The Labute approximate surface area is 126 Å². The van der Waals surface area contributed by atoms with Crippen LogP contribution >= 0.6 is 0 Å². The zero-order chi connectivity index (χ0) is 15.2. The summed E-state index contributed by atoms with van der Waals surface area (Å²) < 4.78 is 5.47. The number of hydrazine groups is 1. The molecule has 1 saturated carbocycles. The van der Waals surface area contributed by atoms with Gasteiger partial charge in [0.2, 0.25) is 11.9 Å². The third-order valence-corrected chi connectivity index (χ3v) is 3.93. The van der Waals surface area contributed by atoms with E-state index >= 15 is 0 Å². The lowest BCUT2D eigenvalue weighted by Gasteiger charge is -2.33. The fourth-order valence-electron chi connectivity index (χ4n) is 2.79. The summed E-state index contributed by atoms with van der Waals surface area (Å²) in [6, 6.07) is 0.687. The monoisotopic (exact) mass is 294 g/mol. The number of rotatable bonds is 6. The summed E-state index contributed by atoms with van der Waals surface area (Å²) in [4.78, 5) is 12.7. The minimum atomic E-state index is 0.305. The maximum absolute atomic E-state index is 5.47. The Bertz CT molecular complexity index is 455. The Morgan fingerprint density at radius 1 is 1.19 bits per heavy atom. The van der Waals surface area contributed by atoms with Crippen molar-refractivity contribution >= 4 is 11.9 Å². The standard InChI is InChI=1S/C14H26N6O/c1-4-7-21-14-18-12(17-13(19-14)20-15)16-11-6-5-9(2)8-10(11)3/h9-11H,4-8,15H2,1-3H3,(H2,16,17,18,19,20). The highest BCUT2D eigenvalue weighted by molar-refractivity contribution is 5.36. The van der Waals surface area contributed by atoms with Gasteiger partial charge in [0.15, 0.2) is 0 Å². The Hall–Kier alpha value is -1.63. The molecule has 1 heterocycles. The molecule has 0 saturated heterocycles. The van der Waals surface area contributed by atoms with Gasteiger partial charge in [-0.1, -0.05) is 20.8 Å². The van der Waals surface area contributed by atoms with Gasteiger partial charge < -0.3 is 10.1 Å². The second-order valence-corrected chi connectivity index (χ2v) is 5.90. The Balaban J connectivity index is 2.07. The van der Waals surface area contributed by atoms with Crippen LogP contribution in [0.4, 0.5) is 11.9 Å². The van der Waals surface area contributed by atoms with Crippen molar-refractivity contribution in [1.29, 1.82) is 0 Å². The van der Waals surface area contributed by atoms with Crippen LogP contribution in [-0.4, -0.2) is 27.6 Å². The normalized spacial score (nSPS) is 25.4. The molecule has 0 aromatic carbocycles. The first-order chi connectivity index (χ1) is 10.1. The van der Waals surface area contributed by atoms with E-state index in [0.29, 0.717) is 36.5 Å². The topological polar surface area (TPSA) is 98.0 Å². The number of nitrogens with zero attached hydrogens (tertiary/aromatic N) is 3. The van der Waals surface area contributed by atoms with E-state index in [0.717, 1.165) is 18.8 Å². The number of aromatic nitrogens is 3. The van der Waals surface area contributed by atoms with Crippen molar-refractivity contribution in [2.24, 2.45) is 17.7 Å². The lowest BCUT2D eigenvalue weighted by atomic mass is 9.80. The second-order valence-electron chi connectivity index (χ2n) is 5.90. The van der Waals surface area contributed by atoms with Gasteiger partial charge in [0, 0.05) is 6.04 Å². The minimum Gasteiger partial charge on any atom is -0.463 e. The van der Waals surface area contributed by atoms with Crippen molar-refractivity contribution in [3.63, 3.8) is 0 Å². The summed E-state index contributed by atoms with van der Waals surface area (Å²) >= 11 is 0. The number of anilines is 2. The van der Waals surface area contributed by atoms with Crippen LogP contribution in [-0.2, 0) is 0 Å². The van der Waals surface area contributed by atoms with Crippen LogP contribution in [0.3, 0.4) is 0 Å². The molecule has 3 unspecified atom stereocenters. The Morgan fingerprint density at radius 3 is 2.62 bits per heavy atom. The van der Waals surface area contributed by atoms with Gasteiger partial charge in [-0.05, 0) is 37.5 Å². The fraction of sp³-hybridized carbons (Fsp3) is 0.786. The van der Waals surface area contributed by atoms with Gasteiger partial charge in [-0.15, -0.1) is 0 Å². The van der Waals surface area contributed by atoms with Gasteiger partial charge in [-0.2, -0.15) is 15.0 Å². The van der Waals surface area contributed by atoms with E-state index in [4.69, 9.17) is 10.6 Å². The number of hydrogen-bond donors (Lipinski definition) is 3. The number of nitrogens with two attached hydrogens (primary N) is 1. The molecular formula is C14H26N6O. The molecule has 7 heteroatoms. The summed E-state index contributed by atoms with van der Waals surface area (Å²) in [6.07, 6.45) is 4.49. The third kappa shape index (κ3) is 4.42. The van der Waals surface area contributed by atoms with Crippen molar-refractivity contribution < 1.29 is 4.74 Å². The molecule has 1 aliphatic carbocycles. The van der Waals surface area contributed by atoms with Crippen LogP contribution in [0.15, 0.2) is 0 Å². The molecule has 1 aliphatic rings. The molecule has 2 rings (SSSR count). The van der Waals surface area contributed by atoms with Gasteiger partial charge >= 0.3 is 6.01 Å². The highest BCUT2D eigenvalue weighted by Gasteiger charge is 2.26. The smallest absolute Gasteiger partial charge is 0.323 e. The minimum absolute atomic E-state index is 0.305. The number of ether oxygens (including phenoxy) is 1. The summed E-state index contributed by atoms with van der Waals surface area (Å²) in [6.45, 7) is 7.19. The van der Waals surface area contributed by atoms with Crippen molar-refractivity contribution in [3.8, 4) is 6.01 Å². The molecule has 1 fully saturated rings. The molecule has 118 valence electrons. The van der Waals surface area contributed by atoms with E-state index in [9.17, 15) is 0 Å². The first kappa shape index (κ1) is 15.8. The van der Waals surface area contributed by atoms with Crippen LogP contribution in [0.5, 0.6) is 6.01 Å². The SMILES string of the molecule is CCCOc1nc(NN)nc(NC2CCC(C)CC2C)n1. The predicted octanol–water partition coefficient (Wildman–Crippen LogP) is 2.18. The molecule has 3 atom stereocenters. The van der Waals surface area contributed by atoms with Crippen molar-refractivity contribution in [2.75, 3.05) is 17.3 Å². The van der Waals surface area contributed by atoms with Gasteiger partial charge in [0.1, 0.15) is 0 Å². The van der Waals surface area contributed by atoms with E-state index in [-0.39, 0.29) is 0 Å². The molecule has 1 aromatic rings. The lowest BCUT2D eigenvalue weighted by Crippen LogP contribution is -2.33. The first-order valence-electron chi connectivity index (χ1n) is 7.74. The maximum Gasteiger partial charge on any atom is 0.323 e. The summed E-state index contributed by atoms with van der Waals surface area (Å²) in [5, 5.41) is 3.40. The van der Waals surface area contributed by atoms with E-state index in [1.165, 1.54) is 12.8 Å². The molecule has 0 spiro atoms. The zero-order valence-corrected chi connectivity index (χ0v) is 13.1. The third-order valence-electron chi connectivity index (χ3n) is 3.93. The Morgan fingerprint density at radius 2 is 1.95 bits per heavy atom. The zero-order valence-electron chi connectivity index (χ0n) is 13.1. The number of nitrogen functional groups attached to an aromatic ring is 1. The van der Waals surface area contributed by atoms with Crippen LogP contribution in [0.2, 0.25) is 0 Å². The van der Waals surface area contributed by atoms with Crippen LogP contribution in [0, 0.1) is 11.8 Å². The molecule has 4 N–H and O–H groups in total. The van der Waals surface area contributed by atoms with Crippen LogP contribution in [0.25, 0.3) is 0 Å². The average molecular weight is 294 g/mol. The second kappa shape index (κ2) is 7.40. The molecule has 0 radical (unpaired) electrons. The summed E-state index contributed by atoms with van der Waals surface area (Å²) in [7, 11) is 0. The predicted molar refractivity (Wildman–Crippen MR) is 83.0 cm³/mol. The number of nitrogens with one attached hydrogen (secondary N) is 2. The maximum atomic E-state index is 5.47. The van der Waals surface area contributed by atoms with Crippen molar-refractivity contribution in [3.05, 3.63) is 0 Å². The highest BCUT2D eigenvalue weighted by Crippen LogP contribution is 2.30. The fourth-order valence-corrected chi connectivity index (χ4v) is 2.79. The van der Waals surface area contributed by atoms with E-state index in [2.05, 4.69) is 39.5 Å². The molecule has 1 aromatic heterocycles. The number of hydrogen-bond acceptors (Lipinski definition) is 7. The largest absolute Gasteiger partial charge is 0.463 e. The van der Waals surface area contributed by atoms with E-state index in [1.807, 2.05) is 6.92 Å². The first-order valence-corrected chi connectivity index (χ1v) is 7.74. The molecule has 21 heavy (non-hydrogen) atoms. The van der Waals surface area contributed by atoms with Gasteiger partial charge in [-0.3, -0.25) is 5.43 Å². The van der Waals surface area contributed by atoms with Gasteiger partial charge in [0.25, 0.3) is 0 Å². The van der Waals surface area contributed by atoms with Gasteiger partial charge in [0.05, 0.1) is 6.61 Å². The van der Waals surface area contributed by atoms with Gasteiger partial charge in [-0.25, -0.2) is 5.84 Å². The summed E-state index contributed by atoms with van der Waals surface area (Å²) in [5.41, 5.74) is 2.46. The van der Waals surface area contributed by atoms with E-state index < -0.39 is 0 Å². The summed E-state index contributed by atoms with van der Waals surface area (Å²) in [5.74, 6) is 7.64. The average Bonchev–Trinajstić information content (AvgIpc) is 2.48. The van der Waals surface area contributed by atoms with Crippen molar-refractivity contribution in [2.45, 2.75) is 52.5 Å². The van der Waals surface area contributed by atoms with E-state index in [1.54, 1.807) is 0 Å².